The molecule has 1 fully saturated rings. The van der Waals surface area contributed by atoms with Crippen molar-refractivity contribution in [2.75, 3.05) is 13.7 Å². The van der Waals surface area contributed by atoms with Gasteiger partial charge in [-0.1, -0.05) is 0 Å². The Hall–Kier alpha value is -3.93. The molecule has 3 amide bonds. The van der Waals surface area contributed by atoms with E-state index in [0.717, 1.165) is 0 Å². The summed E-state index contributed by atoms with van der Waals surface area (Å²) < 4.78 is 63.4. The fourth-order valence-corrected chi connectivity index (χ4v) is 2.75. The Labute approximate surface area is 208 Å². The number of amides is 3. The van der Waals surface area contributed by atoms with Gasteiger partial charge in [-0.25, -0.2) is 13.4 Å². The first-order valence-corrected chi connectivity index (χ1v) is 11.7. The van der Waals surface area contributed by atoms with E-state index in [9.17, 15) is 32.3 Å². The van der Waals surface area contributed by atoms with E-state index in [1.165, 1.54) is 7.11 Å². The third-order valence-electron chi connectivity index (χ3n) is 4.54. The molecule has 0 saturated carbocycles. The first-order valence-electron chi connectivity index (χ1n) is 10.3. The number of ether oxygens (including phenoxy) is 1. The molecule has 0 radical (unpaired) electrons. The summed E-state index contributed by atoms with van der Waals surface area (Å²) in [5.74, 6) is -1.61. The number of benzene rings is 1. The largest absolute Gasteiger partial charge is 0.741 e. The van der Waals surface area contributed by atoms with Crippen molar-refractivity contribution in [3.05, 3.63) is 29.8 Å². The van der Waals surface area contributed by atoms with Crippen LogP contribution in [0.15, 0.2) is 24.3 Å². The van der Waals surface area contributed by atoms with Crippen molar-refractivity contribution in [3.8, 4) is 0 Å². The first kappa shape index (κ1) is 31.1. The molecule has 1 heterocycles. The van der Waals surface area contributed by atoms with Gasteiger partial charge in [0, 0.05) is 12.1 Å². The molecule has 206 valence electrons. The number of methoxy groups -OCH3 is 1. The molecule has 14 nitrogen and oxygen atoms in total. The lowest BCUT2D eigenvalue weighted by molar-refractivity contribution is -0.356. The van der Waals surface area contributed by atoms with Gasteiger partial charge < -0.3 is 25.2 Å². The Bertz CT molecular complexity index is 1120. The number of carbonyl (C=O) groups is 4. The number of piperazine rings is 1. The minimum Gasteiger partial charge on any atom is -0.741 e. The average molecular weight is 555 g/mol. The molecule has 0 aromatic heterocycles. The molecule has 0 bridgehead atoms. The molecule has 1 aliphatic heterocycles. The number of hydrogen-bond acceptors (Lipinski definition) is 8. The molecule has 1 aromatic carbocycles. The zero-order valence-electron chi connectivity index (χ0n) is 19.3. The molecule has 0 aliphatic carbocycles. The Balaban J connectivity index is 0.000000738. The Morgan fingerprint density at radius 1 is 1.11 bits per heavy atom. The fraction of sp³-hybridized carbons (Fsp3) is 0.421. The van der Waals surface area contributed by atoms with Crippen molar-refractivity contribution in [1.82, 2.24) is 16.0 Å². The van der Waals surface area contributed by atoms with Crippen LogP contribution in [-0.2, 0) is 29.2 Å². The average Bonchev–Trinajstić information content (AvgIpc) is 2.78. The zero-order valence-corrected chi connectivity index (χ0v) is 20.1. The van der Waals surface area contributed by atoms with E-state index in [4.69, 9.17) is 24.4 Å². The maximum atomic E-state index is 12.1. The lowest BCUT2D eigenvalue weighted by atomic mass is 10.0. The summed E-state index contributed by atoms with van der Waals surface area (Å²) in [6, 6.07) is 4.93. The lowest BCUT2D eigenvalue weighted by Crippen LogP contribution is -2.72. The highest BCUT2D eigenvalue weighted by Gasteiger charge is 2.37. The standard InChI is InChI=1S/C18H24N6O5.CHF3O3S/c1-29-14(25)9-13-17(28)23-12(16(27)24-13)3-2-8-21-15(26)10-4-6-11(7-5-10)22-18(19)20;2-1(3,4)8(5,6)7/h4-7,12-13H,2-3,8-9H2,1H3,(H,21,26)(H,23,28)(H,24,27)(H4,19,20,22);(H,5,6,7)/t12-,13-;/m0./s1. The molecule has 1 aromatic rings. The van der Waals surface area contributed by atoms with Crippen molar-refractivity contribution in [3.63, 3.8) is 0 Å². The summed E-state index contributed by atoms with van der Waals surface area (Å²) in [6.07, 6.45) is 0.600. The second-order valence-electron chi connectivity index (χ2n) is 7.36. The highest BCUT2D eigenvalue weighted by atomic mass is 32.2. The SMILES string of the molecule is COC(=O)C[C@@H]1NC(=O)[C@H](CCCNC(=O)c2ccc([NH+]=C(N)N)cc2)NC1=O.O=S(=O)([O-])C(F)(F)F. The van der Waals surface area contributed by atoms with Gasteiger partial charge in [-0.05, 0) is 37.1 Å². The van der Waals surface area contributed by atoms with Crippen LogP contribution in [0.2, 0.25) is 0 Å². The quantitative estimate of drug-likeness (QED) is 0.0469. The molecule has 18 heteroatoms. The van der Waals surface area contributed by atoms with Crippen LogP contribution in [0.1, 0.15) is 29.6 Å². The summed E-state index contributed by atoms with van der Waals surface area (Å²) in [5, 5.41) is 7.85. The number of nitrogens with one attached hydrogen (secondary N) is 4. The molecule has 1 aliphatic rings. The van der Waals surface area contributed by atoms with E-state index in [-0.39, 0.29) is 24.2 Å². The summed E-state index contributed by atoms with van der Waals surface area (Å²) >= 11 is 0. The van der Waals surface area contributed by atoms with Gasteiger partial charge in [-0.3, -0.25) is 30.6 Å². The molecule has 1 saturated heterocycles. The third-order valence-corrected chi connectivity index (χ3v) is 5.11. The van der Waals surface area contributed by atoms with E-state index in [1.54, 1.807) is 24.3 Å². The van der Waals surface area contributed by atoms with E-state index >= 15 is 0 Å². The predicted molar refractivity (Wildman–Crippen MR) is 118 cm³/mol. The summed E-state index contributed by atoms with van der Waals surface area (Å²) in [6.45, 7) is 0.327. The molecular formula is C19H25F3N6O8S. The number of halogens is 3. The van der Waals surface area contributed by atoms with E-state index in [1.807, 2.05) is 0 Å². The van der Waals surface area contributed by atoms with Crippen LogP contribution in [0, 0.1) is 0 Å². The number of alkyl halides is 3. The van der Waals surface area contributed by atoms with E-state index in [0.29, 0.717) is 30.6 Å². The molecule has 0 unspecified atom stereocenters. The van der Waals surface area contributed by atoms with Crippen molar-refractivity contribution in [2.24, 2.45) is 11.5 Å². The topological polar surface area (TPSA) is 237 Å². The second-order valence-corrected chi connectivity index (χ2v) is 8.73. The third kappa shape index (κ3) is 10.7. The van der Waals surface area contributed by atoms with Crippen LogP contribution in [0.5, 0.6) is 0 Å². The van der Waals surface area contributed by atoms with Crippen LogP contribution in [0.25, 0.3) is 0 Å². The predicted octanol–water partition coefficient (Wildman–Crippen LogP) is -3.22. The number of esters is 1. The number of nitrogens with two attached hydrogens (primary N) is 2. The summed E-state index contributed by atoms with van der Waals surface area (Å²) in [7, 11) is -4.88. The molecule has 8 N–H and O–H groups in total. The van der Waals surface area contributed by atoms with Gasteiger partial charge in [0.25, 0.3) is 5.91 Å². The van der Waals surface area contributed by atoms with Gasteiger partial charge in [0.1, 0.15) is 12.1 Å². The maximum Gasteiger partial charge on any atom is 0.485 e. The smallest absolute Gasteiger partial charge is 0.485 e. The van der Waals surface area contributed by atoms with Crippen LogP contribution in [0.4, 0.5) is 18.9 Å². The van der Waals surface area contributed by atoms with Gasteiger partial charge in [0.05, 0.1) is 19.2 Å². The Morgan fingerprint density at radius 3 is 2.11 bits per heavy atom. The molecule has 2 atom stereocenters. The zero-order chi connectivity index (χ0) is 28.4. The lowest BCUT2D eigenvalue weighted by Gasteiger charge is -2.29. The highest BCUT2D eigenvalue weighted by molar-refractivity contribution is 7.86. The minimum absolute atomic E-state index is 0.0534. The van der Waals surface area contributed by atoms with Crippen LogP contribution >= 0.6 is 0 Å². The molecule has 2 rings (SSSR count). The molecular weight excluding hydrogens is 529 g/mol. The summed E-state index contributed by atoms with van der Waals surface area (Å²) in [5.41, 5.74) is 6.17. The number of guanidine groups is 1. The Morgan fingerprint density at radius 2 is 1.62 bits per heavy atom. The van der Waals surface area contributed by atoms with Gasteiger partial charge >= 0.3 is 17.4 Å². The van der Waals surface area contributed by atoms with Crippen LogP contribution < -0.4 is 32.4 Å². The van der Waals surface area contributed by atoms with Crippen LogP contribution in [-0.4, -0.2) is 73.9 Å². The van der Waals surface area contributed by atoms with Crippen molar-refractivity contribution < 1.29 is 55.0 Å². The number of rotatable bonds is 8. The normalized spacial score (nSPS) is 17.3. The van der Waals surface area contributed by atoms with E-state index < -0.39 is 39.6 Å². The fourth-order valence-electron chi connectivity index (χ4n) is 2.75. The van der Waals surface area contributed by atoms with Gasteiger partial charge in [0.2, 0.25) is 11.8 Å². The van der Waals surface area contributed by atoms with Crippen molar-refractivity contribution in [2.45, 2.75) is 36.9 Å². The molecule has 0 spiro atoms. The van der Waals surface area contributed by atoms with Crippen molar-refractivity contribution in [1.29, 1.82) is 0 Å². The van der Waals surface area contributed by atoms with Gasteiger partial charge in [-0.2, -0.15) is 13.2 Å². The second kappa shape index (κ2) is 13.4. The van der Waals surface area contributed by atoms with E-state index in [2.05, 4.69) is 25.7 Å². The molecule has 37 heavy (non-hydrogen) atoms. The van der Waals surface area contributed by atoms with Crippen molar-refractivity contribution >= 4 is 45.5 Å². The highest BCUT2D eigenvalue weighted by Crippen LogP contribution is 2.20. The monoisotopic (exact) mass is 554 g/mol. The summed E-state index contributed by atoms with van der Waals surface area (Å²) in [4.78, 5) is 50.2. The first-order chi connectivity index (χ1) is 17.0. The van der Waals surface area contributed by atoms with Crippen LogP contribution in [0.3, 0.4) is 0 Å². The number of carbonyl (C=O) groups excluding carboxylic acids is 4. The number of hydrogen-bond donors (Lipinski definition) is 6. The maximum absolute atomic E-state index is 12.1. The van der Waals surface area contributed by atoms with Gasteiger partial charge in [0.15, 0.2) is 10.1 Å². The minimum atomic E-state index is -6.09. The Kier molecular flexibility index (Phi) is 11.3. The van der Waals surface area contributed by atoms with Gasteiger partial charge in [-0.15, -0.1) is 0 Å².